The average molecular weight is 493 g/mol. The number of aromatic nitrogens is 3. The van der Waals surface area contributed by atoms with Crippen molar-refractivity contribution in [2.75, 3.05) is 20.1 Å². The monoisotopic (exact) mass is 492 g/mol. The van der Waals surface area contributed by atoms with Crippen molar-refractivity contribution < 1.29 is 4.79 Å². The third kappa shape index (κ3) is 5.61. The number of aryl methyl sites for hydroxylation is 2. The maximum atomic E-state index is 12.2. The summed E-state index contributed by atoms with van der Waals surface area (Å²) < 4.78 is 1.88. The van der Waals surface area contributed by atoms with E-state index in [0.717, 1.165) is 48.0 Å². The molecule has 0 spiro atoms. The van der Waals surface area contributed by atoms with Gasteiger partial charge in [-0.3, -0.25) is 0 Å². The zero-order valence-corrected chi connectivity index (χ0v) is 20.7. The number of piperidine rings is 1. The van der Waals surface area contributed by atoms with Crippen LogP contribution in [0.4, 0.5) is 4.79 Å². The summed E-state index contributed by atoms with van der Waals surface area (Å²) in [6.45, 7) is 1.43. The number of fused-ring (bicyclic) bond motifs is 1. The highest BCUT2D eigenvalue weighted by atomic mass is 35.5. The first-order valence-electron chi connectivity index (χ1n) is 11.7. The molecular formula is C25H29ClN8O. The molecule has 9 nitrogen and oxygen atoms in total. The van der Waals surface area contributed by atoms with E-state index >= 15 is 0 Å². The number of nitrogens with zero attached hydrogens (tertiary/aromatic N) is 7. The van der Waals surface area contributed by atoms with Crippen molar-refractivity contribution in [2.45, 2.75) is 38.1 Å². The van der Waals surface area contributed by atoms with Crippen LogP contribution in [0.5, 0.6) is 0 Å². The van der Waals surface area contributed by atoms with Gasteiger partial charge in [0.1, 0.15) is 0 Å². The third-order valence-corrected chi connectivity index (χ3v) is 6.84. The largest absolute Gasteiger partial charge is 0.350 e. The third-order valence-electron chi connectivity index (χ3n) is 6.49. The predicted octanol–water partition coefficient (Wildman–Crippen LogP) is 3.94. The fourth-order valence-electron chi connectivity index (χ4n) is 4.44. The smallest absolute Gasteiger partial charge is 0.335 e. The Morgan fingerprint density at radius 2 is 2.20 bits per heavy atom. The van der Waals surface area contributed by atoms with Crippen LogP contribution in [0, 0.1) is 11.3 Å². The fourth-order valence-corrected chi connectivity index (χ4v) is 4.70. The van der Waals surface area contributed by atoms with Crippen LogP contribution in [0.2, 0.25) is 5.02 Å². The molecule has 1 saturated heterocycles. The number of halogens is 1. The van der Waals surface area contributed by atoms with Crippen molar-refractivity contribution in [2.24, 2.45) is 17.9 Å². The Hall–Kier alpha value is -3.48. The van der Waals surface area contributed by atoms with Crippen LogP contribution in [-0.2, 0) is 13.5 Å². The molecule has 3 aromatic rings. The molecule has 2 N–H and O–H groups in total. The number of likely N-dealkylation sites (N-methyl/N-ethyl adjacent to an activating group) is 1. The van der Waals surface area contributed by atoms with E-state index in [4.69, 9.17) is 27.6 Å². The highest BCUT2D eigenvalue weighted by Crippen LogP contribution is 2.29. The SMILES string of the molecule is CN1CCCC[C@H]1CN(/N=C/c1cc(-c2cncn2C)nc2cc(Cl)c(CCC#N)cc12)C(N)=O. The molecule has 2 amide bonds. The number of carbonyl (C=O) groups is 1. The molecule has 1 aliphatic rings. The van der Waals surface area contributed by atoms with E-state index in [1.165, 1.54) is 5.01 Å². The Labute approximate surface area is 209 Å². The lowest BCUT2D eigenvalue weighted by molar-refractivity contribution is 0.139. The molecule has 1 aromatic carbocycles. The zero-order valence-electron chi connectivity index (χ0n) is 20.0. The Morgan fingerprint density at radius 3 is 2.89 bits per heavy atom. The Bertz CT molecular complexity index is 1290. The number of imidazole rings is 1. The molecule has 1 aliphatic heterocycles. The van der Waals surface area contributed by atoms with E-state index in [1.54, 1.807) is 18.7 Å². The maximum Gasteiger partial charge on any atom is 0.335 e. The normalized spacial score (nSPS) is 16.6. The number of likely N-dealkylation sites (tertiary alicyclic amines) is 1. The number of hydrazone groups is 1. The first kappa shape index (κ1) is 24.6. The number of nitrogens with two attached hydrogens (primary N) is 1. The van der Waals surface area contributed by atoms with Crippen LogP contribution in [0.15, 0.2) is 35.8 Å². The second-order valence-corrected chi connectivity index (χ2v) is 9.31. The predicted molar refractivity (Wildman–Crippen MR) is 137 cm³/mol. The van der Waals surface area contributed by atoms with Crippen LogP contribution in [0.3, 0.4) is 0 Å². The minimum atomic E-state index is -0.594. The zero-order chi connectivity index (χ0) is 24.9. The minimum absolute atomic E-state index is 0.212. The summed E-state index contributed by atoms with van der Waals surface area (Å²) in [7, 11) is 3.96. The van der Waals surface area contributed by atoms with Gasteiger partial charge in [-0.1, -0.05) is 18.0 Å². The Kier molecular flexibility index (Phi) is 7.63. The van der Waals surface area contributed by atoms with Gasteiger partial charge in [-0.25, -0.2) is 19.8 Å². The quantitative estimate of drug-likeness (QED) is 0.396. The van der Waals surface area contributed by atoms with Crippen LogP contribution in [-0.4, -0.2) is 62.9 Å². The molecule has 10 heteroatoms. The van der Waals surface area contributed by atoms with Gasteiger partial charge in [0.15, 0.2) is 0 Å². The first-order chi connectivity index (χ1) is 16.9. The van der Waals surface area contributed by atoms with Crippen molar-refractivity contribution in [1.29, 1.82) is 5.26 Å². The van der Waals surface area contributed by atoms with Crippen molar-refractivity contribution in [3.8, 4) is 17.5 Å². The number of hydrogen-bond acceptors (Lipinski definition) is 6. The Balaban J connectivity index is 1.76. The summed E-state index contributed by atoms with van der Waals surface area (Å²) in [5, 5.41) is 16.2. The van der Waals surface area contributed by atoms with E-state index in [-0.39, 0.29) is 6.04 Å². The maximum absolute atomic E-state index is 12.2. The second-order valence-electron chi connectivity index (χ2n) is 8.90. The number of pyridine rings is 1. The summed E-state index contributed by atoms with van der Waals surface area (Å²) in [6, 6.07) is 7.45. The van der Waals surface area contributed by atoms with Crippen molar-refractivity contribution in [3.63, 3.8) is 0 Å². The number of hydrogen-bond donors (Lipinski definition) is 1. The van der Waals surface area contributed by atoms with Gasteiger partial charge in [-0.2, -0.15) is 10.4 Å². The minimum Gasteiger partial charge on any atom is -0.350 e. The van der Waals surface area contributed by atoms with Crippen LogP contribution < -0.4 is 5.73 Å². The summed E-state index contributed by atoms with van der Waals surface area (Å²) in [5.74, 6) is 0. The van der Waals surface area contributed by atoms with Crippen LogP contribution >= 0.6 is 11.6 Å². The Morgan fingerprint density at radius 1 is 1.37 bits per heavy atom. The second kappa shape index (κ2) is 10.8. The molecule has 0 aliphatic carbocycles. The number of primary amides is 1. The highest BCUT2D eigenvalue weighted by molar-refractivity contribution is 6.32. The van der Waals surface area contributed by atoms with Crippen molar-refractivity contribution in [3.05, 3.63) is 46.9 Å². The lowest BCUT2D eigenvalue weighted by Crippen LogP contribution is -2.46. The molecule has 1 atom stereocenters. The topological polar surface area (TPSA) is 116 Å². The van der Waals surface area contributed by atoms with E-state index in [1.807, 2.05) is 29.8 Å². The molecule has 4 rings (SSSR count). The first-order valence-corrected chi connectivity index (χ1v) is 12.0. The van der Waals surface area contributed by atoms with Gasteiger partial charge in [-0.15, -0.1) is 0 Å². The van der Waals surface area contributed by atoms with Gasteiger partial charge in [0.05, 0.1) is 48.3 Å². The summed E-state index contributed by atoms with van der Waals surface area (Å²) in [6.07, 6.45) is 9.28. The van der Waals surface area contributed by atoms with Crippen molar-refractivity contribution in [1.82, 2.24) is 24.4 Å². The average Bonchev–Trinajstić information content (AvgIpc) is 3.26. The fraction of sp³-hybridized carbons (Fsp3) is 0.400. The number of carbonyl (C=O) groups excluding carboxylic acids is 1. The molecule has 182 valence electrons. The number of nitriles is 1. The number of amides is 2. The number of benzene rings is 1. The summed E-state index contributed by atoms with van der Waals surface area (Å²) in [5.41, 5.74) is 9.54. The van der Waals surface area contributed by atoms with Gasteiger partial charge >= 0.3 is 6.03 Å². The number of urea groups is 1. The van der Waals surface area contributed by atoms with Gasteiger partial charge < -0.3 is 15.2 Å². The van der Waals surface area contributed by atoms with Crippen LogP contribution in [0.25, 0.3) is 22.3 Å². The molecule has 0 saturated carbocycles. The van der Waals surface area contributed by atoms with Crippen molar-refractivity contribution >= 4 is 34.7 Å². The van der Waals surface area contributed by atoms with E-state index < -0.39 is 6.03 Å². The summed E-state index contributed by atoms with van der Waals surface area (Å²) >= 11 is 6.52. The molecule has 35 heavy (non-hydrogen) atoms. The lowest BCUT2D eigenvalue weighted by atomic mass is 10.0. The molecule has 2 aromatic heterocycles. The lowest BCUT2D eigenvalue weighted by Gasteiger charge is -2.34. The summed E-state index contributed by atoms with van der Waals surface area (Å²) in [4.78, 5) is 23.5. The molecule has 3 heterocycles. The molecule has 0 radical (unpaired) electrons. The molecular weight excluding hydrogens is 464 g/mol. The standard InChI is InChI=1S/C25H29ClN8O/c1-32-9-4-3-7-19(32)15-34(25(28)35)30-13-18-11-23(24-14-29-16-33(24)2)31-22-12-21(26)17(6-5-8-27)10-20(18)22/h10-14,16,19H,3-7,9,15H2,1-2H3,(H2,28,35)/b30-13+/t19-/m0/s1. The van der Waals surface area contributed by atoms with Gasteiger partial charge in [0.25, 0.3) is 0 Å². The van der Waals surface area contributed by atoms with Gasteiger partial charge in [0.2, 0.25) is 0 Å². The molecule has 1 fully saturated rings. The van der Waals surface area contributed by atoms with E-state index in [0.29, 0.717) is 35.6 Å². The van der Waals surface area contributed by atoms with E-state index in [9.17, 15) is 4.79 Å². The highest BCUT2D eigenvalue weighted by Gasteiger charge is 2.23. The van der Waals surface area contributed by atoms with Gasteiger partial charge in [0, 0.05) is 35.5 Å². The van der Waals surface area contributed by atoms with E-state index in [2.05, 4.69) is 28.1 Å². The molecule has 0 bridgehead atoms. The number of rotatable bonds is 7. The van der Waals surface area contributed by atoms with Crippen LogP contribution in [0.1, 0.15) is 36.8 Å². The van der Waals surface area contributed by atoms with Gasteiger partial charge in [-0.05, 0) is 56.6 Å². The molecule has 0 unspecified atom stereocenters.